The average Bonchev–Trinajstić information content (AvgIpc) is 3.50. The maximum atomic E-state index is 13.8. The minimum atomic E-state index is -0.903. The molecule has 5 atom stereocenters. The van der Waals surface area contributed by atoms with Crippen LogP contribution in [-0.4, -0.2) is 86.9 Å². The number of aromatic nitrogens is 1. The molecule has 52 heavy (non-hydrogen) atoms. The van der Waals surface area contributed by atoms with E-state index in [9.17, 15) is 14.4 Å². The molecule has 0 radical (unpaired) electrons. The molecule has 0 bridgehead atoms. The van der Waals surface area contributed by atoms with Gasteiger partial charge in [0.2, 0.25) is 18.1 Å². The van der Waals surface area contributed by atoms with E-state index in [2.05, 4.69) is 24.1 Å². The fourth-order valence-electron chi connectivity index (χ4n) is 6.13. The van der Waals surface area contributed by atoms with E-state index in [1.54, 1.807) is 64.4 Å². The van der Waals surface area contributed by atoms with Crippen LogP contribution in [0, 0.1) is 29.1 Å². The lowest BCUT2D eigenvalue weighted by Gasteiger charge is -2.33. The van der Waals surface area contributed by atoms with Gasteiger partial charge >= 0.3 is 6.09 Å². The molecule has 3 N–H and O–H groups in total. The van der Waals surface area contributed by atoms with Crippen LogP contribution in [0.5, 0.6) is 17.2 Å². The van der Waals surface area contributed by atoms with Crippen molar-refractivity contribution in [3.05, 3.63) is 48.3 Å². The molecule has 13 nitrogen and oxygen atoms in total. The Bertz CT molecular complexity index is 1420. The van der Waals surface area contributed by atoms with Crippen LogP contribution in [0.25, 0.3) is 0 Å². The number of nitrogens with one attached hydrogen (secondary N) is 1. The highest BCUT2D eigenvalue weighted by Gasteiger charge is 2.43. The van der Waals surface area contributed by atoms with Crippen LogP contribution in [0.2, 0.25) is 0 Å². The molecule has 3 amide bonds. The van der Waals surface area contributed by atoms with Crippen molar-refractivity contribution >= 4 is 17.9 Å². The first-order valence-electron chi connectivity index (χ1n) is 18.2. The lowest BCUT2D eigenvalue weighted by Crippen LogP contribution is -2.47. The number of nitrogens with zero attached hydrogens (tertiary/aromatic N) is 2. The molecule has 0 aliphatic carbocycles. The van der Waals surface area contributed by atoms with Crippen LogP contribution >= 0.6 is 0 Å². The third-order valence-electron chi connectivity index (χ3n) is 9.66. The zero-order valence-corrected chi connectivity index (χ0v) is 32.4. The Morgan fingerprint density at radius 3 is 2.40 bits per heavy atom. The Morgan fingerprint density at radius 1 is 1.04 bits per heavy atom. The van der Waals surface area contributed by atoms with E-state index in [4.69, 9.17) is 34.2 Å². The quantitative estimate of drug-likeness (QED) is 0.123. The molecule has 1 aliphatic rings. The number of rotatable bonds is 21. The van der Waals surface area contributed by atoms with Crippen LogP contribution in [0.15, 0.2) is 42.7 Å². The van der Waals surface area contributed by atoms with Crippen LogP contribution in [-0.2, 0) is 30.2 Å². The number of pyridine rings is 1. The van der Waals surface area contributed by atoms with Crippen molar-refractivity contribution < 1.29 is 42.8 Å². The Labute approximate surface area is 309 Å². The first-order valence-corrected chi connectivity index (χ1v) is 18.2. The predicted octanol–water partition coefficient (Wildman–Crippen LogP) is 5.59. The van der Waals surface area contributed by atoms with E-state index in [1.165, 1.54) is 0 Å². The highest BCUT2D eigenvalue weighted by molar-refractivity contribution is 5.83. The summed E-state index contributed by atoms with van der Waals surface area (Å²) in [6.45, 7) is 14.5. The smallest absolute Gasteiger partial charge is 0.415 e. The first kappa shape index (κ1) is 42.3. The summed E-state index contributed by atoms with van der Waals surface area (Å²) >= 11 is 0. The molecular weight excluding hydrogens is 668 g/mol. The largest absolute Gasteiger partial charge is 0.493 e. The summed E-state index contributed by atoms with van der Waals surface area (Å²) in [5.41, 5.74) is 5.72. The molecule has 5 unspecified atom stereocenters. The minimum Gasteiger partial charge on any atom is -0.493 e. The summed E-state index contributed by atoms with van der Waals surface area (Å²) in [7, 11) is 3.28. The van der Waals surface area contributed by atoms with Crippen LogP contribution < -0.4 is 25.3 Å². The third kappa shape index (κ3) is 12.5. The van der Waals surface area contributed by atoms with Crippen molar-refractivity contribution in [3.63, 3.8) is 0 Å². The topological polar surface area (TPSA) is 161 Å². The predicted molar refractivity (Wildman–Crippen MR) is 197 cm³/mol. The summed E-state index contributed by atoms with van der Waals surface area (Å²) in [6, 6.07) is 9.04. The van der Waals surface area contributed by atoms with Crippen LogP contribution in [0.3, 0.4) is 0 Å². The summed E-state index contributed by atoms with van der Waals surface area (Å²) in [5, 5.41) is 2.93. The average molecular weight is 729 g/mol. The van der Waals surface area contributed by atoms with Gasteiger partial charge in [0.1, 0.15) is 12.5 Å². The molecule has 0 saturated carbocycles. The summed E-state index contributed by atoms with van der Waals surface area (Å²) < 4.78 is 34.7. The Hall–Kier alpha value is -4.10. The summed E-state index contributed by atoms with van der Waals surface area (Å²) in [6.07, 6.45) is 3.67. The van der Waals surface area contributed by atoms with E-state index >= 15 is 0 Å². The zero-order valence-electron chi connectivity index (χ0n) is 32.4. The highest BCUT2D eigenvalue weighted by Crippen LogP contribution is 2.36. The van der Waals surface area contributed by atoms with Crippen LogP contribution in [0.4, 0.5) is 4.79 Å². The van der Waals surface area contributed by atoms with Gasteiger partial charge < -0.3 is 39.5 Å². The molecule has 3 rings (SSSR count). The van der Waals surface area contributed by atoms with Gasteiger partial charge in [0.05, 0.1) is 37.5 Å². The summed E-state index contributed by atoms with van der Waals surface area (Å²) in [5.74, 6) is 0.967. The third-order valence-corrected chi connectivity index (χ3v) is 9.66. The van der Waals surface area contributed by atoms with Gasteiger partial charge in [-0.1, -0.05) is 33.8 Å². The SMILES string of the molecule is COCCCOc1cc(CC(CC2C(CC(C(=O)NCC(C)(C)C(N)=O)C(C)C)OCN2C(=O)OC(C)Oc2cccnc2)C(C)C)ccc1OC. The fourth-order valence-corrected chi connectivity index (χ4v) is 6.13. The molecule has 2 aromatic rings. The number of primary amides is 1. The Balaban J connectivity index is 1.86. The number of carbonyl (C=O) groups excluding carboxylic acids is 3. The van der Waals surface area contributed by atoms with Crippen molar-refractivity contribution in [2.45, 2.75) is 92.6 Å². The van der Waals surface area contributed by atoms with Crippen molar-refractivity contribution in [3.8, 4) is 17.2 Å². The van der Waals surface area contributed by atoms with Crippen molar-refractivity contribution in [1.29, 1.82) is 0 Å². The monoisotopic (exact) mass is 728 g/mol. The van der Waals surface area contributed by atoms with Gasteiger partial charge in [0.25, 0.3) is 0 Å². The lowest BCUT2D eigenvalue weighted by atomic mass is 9.80. The molecule has 1 saturated heterocycles. The molecule has 0 spiro atoms. The van der Waals surface area contributed by atoms with Gasteiger partial charge in [0, 0.05) is 45.7 Å². The number of amides is 3. The number of ether oxygens (including phenoxy) is 6. The number of hydrogen-bond acceptors (Lipinski definition) is 10. The van der Waals surface area contributed by atoms with Gasteiger partial charge in [-0.15, -0.1) is 0 Å². The van der Waals surface area contributed by atoms with Crippen LogP contribution in [0.1, 0.15) is 73.3 Å². The molecule has 1 aromatic carbocycles. The molecule has 290 valence electrons. The maximum Gasteiger partial charge on any atom is 0.415 e. The molecule has 1 fully saturated rings. The molecule has 2 heterocycles. The number of nitrogens with two attached hydrogens (primary N) is 1. The number of hydrogen-bond donors (Lipinski definition) is 2. The second kappa shape index (κ2) is 20.2. The lowest BCUT2D eigenvalue weighted by molar-refractivity contribution is -0.130. The fraction of sp³-hybridized carbons (Fsp3) is 0.641. The van der Waals surface area contributed by atoms with E-state index in [0.717, 1.165) is 12.0 Å². The van der Waals surface area contributed by atoms with E-state index in [1.807, 2.05) is 32.0 Å². The molecule has 1 aromatic heterocycles. The first-order chi connectivity index (χ1) is 24.7. The van der Waals surface area contributed by atoms with E-state index in [-0.39, 0.29) is 36.9 Å². The Morgan fingerprint density at radius 2 is 1.79 bits per heavy atom. The Kier molecular flexibility index (Phi) is 16.5. The van der Waals surface area contributed by atoms with Gasteiger partial charge in [-0.05, 0) is 80.7 Å². The molecule has 13 heteroatoms. The van der Waals surface area contributed by atoms with Crippen molar-refractivity contribution in [1.82, 2.24) is 15.2 Å². The van der Waals surface area contributed by atoms with E-state index < -0.39 is 41.8 Å². The second-order valence-corrected chi connectivity index (χ2v) is 14.8. The number of carbonyl (C=O) groups is 3. The number of benzene rings is 1. The van der Waals surface area contributed by atoms with Gasteiger partial charge in [-0.25, -0.2) is 4.79 Å². The normalized spacial score (nSPS) is 17.8. The van der Waals surface area contributed by atoms with Gasteiger partial charge in [0.15, 0.2) is 11.5 Å². The van der Waals surface area contributed by atoms with E-state index in [0.29, 0.717) is 49.7 Å². The minimum absolute atomic E-state index is 0.00172. The maximum absolute atomic E-state index is 13.8. The molecular formula is C39H60N4O9. The van der Waals surface area contributed by atoms with Crippen molar-refractivity contribution in [2.24, 2.45) is 34.8 Å². The second-order valence-electron chi connectivity index (χ2n) is 14.8. The van der Waals surface area contributed by atoms with Gasteiger partial charge in [-0.3, -0.25) is 19.5 Å². The summed E-state index contributed by atoms with van der Waals surface area (Å²) in [4.78, 5) is 44.9. The highest BCUT2D eigenvalue weighted by atomic mass is 16.7. The zero-order chi connectivity index (χ0) is 38.4. The molecule has 1 aliphatic heterocycles. The van der Waals surface area contributed by atoms with Gasteiger partial charge in [-0.2, -0.15) is 0 Å². The number of methoxy groups -OCH3 is 2. The van der Waals surface area contributed by atoms with Crippen molar-refractivity contribution in [2.75, 3.05) is 40.7 Å². The standard InChI is InChI=1S/C39H60N4O9/c1-25(2)29(18-28-13-14-33(48-9)35(19-28)49-17-11-16-47-8)20-32-34(21-31(26(3)4)36(44)42-23-39(6,7)37(40)45)50-24-43(32)38(46)52-27(5)51-30-12-10-15-41-22-30/h10,12-15,19,22,25-27,29,31-32,34H,11,16-18,20-21,23-24H2,1-9H3,(H2,40,45)(H,42,44).